The fourth-order valence-corrected chi connectivity index (χ4v) is 8.19. The Morgan fingerprint density at radius 2 is 1.11 bits per heavy atom. The minimum Gasteiger partial charge on any atom is -0.387 e. The number of hydrogen-bond donors (Lipinski definition) is 1. The number of ether oxygens (including phenoxy) is 3. The average Bonchev–Trinajstić information content (AvgIpc) is 3.09. The molecule has 4 fully saturated rings. The molecule has 4 aliphatic rings. The third kappa shape index (κ3) is 6.22. The third-order valence-electron chi connectivity index (χ3n) is 7.95. The van der Waals surface area contributed by atoms with Crippen molar-refractivity contribution >= 4 is 17.9 Å². The van der Waals surface area contributed by atoms with Gasteiger partial charge in [0.25, 0.3) is 10.1 Å². The number of hydrogen-bond acceptors (Lipinski definition) is 11. The Labute approximate surface area is 266 Å². The van der Waals surface area contributed by atoms with Gasteiger partial charge in [0.2, 0.25) is 0 Å². The van der Waals surface area contributed by atoms with Crippen molar-refractivity contribution in [2.45, 2.75) is 60.7 Å². The van der Waals surface area contributed by atoms with Crippen molar-refractivity contribution in [3.63, 3.8) is 0 Å². The summed E-state index contributed by atoms with van der Waals surface area (Å²) in [7, 11) is -8.82. The summed E-state index contributed by atoms with van der Waals surface area (Å²) in [4.78, 5) is -0.104. The molecule has 4 aromatic rings. The molecule has 0 aromatic heterocycles. The number of phosphoric ester groups is 1. The second kappa shape index (κ2) is 12.7. The van der Waals surface area contributed by atoms with Gasteiger partial charge in [-0.15, -0.1) is 0 Å². The van der Waals surface area contributed by atoms with Gasteiger partial charge in [0.15, 0.2) is 0 Å². The SMILES string of the molecule is O=P(OCc1ccccc1)(OCc1ccccc1)O[C@H]1[C@@H]2O[C@]3(c4ccccc4)O[C@H]([C@H](O)[C@@H]1O3)[C@@H]2OS(=O)(=O)c1ccccc1. The minimum absolute atomic E-state index is 0.104. The lowest BCUT2D eigenvalue weighted by molar-refractivity contribution is -0.545. The molecule has 7 atom stereocenters. The normalized spacial score (nSPS) is 28.7. The highest BCUT2D eigenvalue weighted by atomic mass is 32.2. The van der Waals surface area contributed by atoms with Gasteiger partial charge < -0.3 is 19.3 Å². The first kappa shape index (κ1) is 31.3. The van der Waals surface area contributed by atoms with Crippen LogP contribution in [0.1, 0.15) is 16.7 Å². The summed E-state index contributed by atoms with van der Waals surface area (Å²) < 4.78 is 83.3. The second-order valence-corrected chi connectivity index (χ2v) is 14.2. The van der Waals surface area contributed by atoms with Crippen molar-refractivity contribution in [1.29, 1.82) is 0 Å². The van der Waals surface area contributed by atoms with E-state index in [0.29, 0.717) is 16.7 Å². The van der Waals surface area contributed by atoms with Crippen LogP contribution < -0.4 is 0 Å². The van der Waals surface area contributed by atoms with Gasteiger partial charge in [-0.3, -0.25) is 17.8 Å². The molecular formula is C33H31O11PS. The first-order valence-corrected chi connectivity index (χ1v) is 17.5. The van der Waals surface area contributed by atoms with Gasteiger partial charge in [-0.1, -0.05) is 109 Å². The maximum atomic E-state index is 14.4. The van der Waals surface area contributed by atoms with E-state index < -0.39 is 60.5 Å². The van der Waals surface area contributed by atoms with Gasteiger partial charge in [0.1, 0.15) is 36.6 Å². The van der Waals surface area contributed by atoms with E-state index in [1.807, 2.05) is 36.4 Å². The van der Waals surface area contributed by atoms with E-state index in [2.05, 4.69) is 0 Å². The maximum Gasteiger partial charge on any atom is 0.475 e. The third-order valence-corrected chi connectivity index (χ3v) is 10.7. The Bertz CT molecular complexity index is 1730. The van der Waals surface area contributed by atoms with Gasteiger partial charge in [0.05, 0.1) is 18.1 Å². The maximum absolute atomic E-state index is 14.4. The van der Waals surface area contributed by atoms with Gasteiger partial charge >= 0.3 is 13.8 Å². The molecule has 0 unspecified atom stereocenters. The molecule has 1 aliphatic carbocycles. The molecule has 3 saturated heterocycles. The second-order valence-electron chi connectivity index (χ2n) is 11.0. The highest BCUT2D eigenvalue weighted by Crippen LogP contribution is 2.58. The number of rotatable bonds is 12. The lowest BCUT2D eigenvalue weighted by Gasteiger charge is -2.61. The fourth-order valence-electron chi connectivity index (χ4n) is 5.73. The summed E-state index contributed by atoms with van der Waals surface area (Å²) in [6.07, 6.45) is -7.90. The molecule has 1 N–H and O–H groups in total. The van der Waals surface area contributed by atoms with Gasteiger partial charge in [-0.2, -0.15) is 8.42 Å². The predicted octanol–water partition coefficient (Wildman–Crippen LogP) is 5.06. The topological polar surface area (TPSA) is 136 Å². The lowest BCUT2D eigenvalue weighted by atomic mass is 9.81. The molecule has 8 rings (SSSR count). The molecule has 1 saturated carbocycles. The van der Waals surface area contributed by atoms with Crippen molar-refractivity contribution in [3.8, 4) is 0 Å². The monoisotopic (exact) mass is 666 g/mol. The van der Waals surface area contributed by atoms with Crippen LogP contribution in [-0.2, 0) is 65.8 Å². The van der Waals surface area contributed by atoms with Crippen molar-refractivity contribution in [2.75, 3.05) is 0 Å². The van der Waals surface area contributed by atoms with Crippen LogP contribution in [-0.4, -0.2) is 50.1 Å². The van der Waals surface area contributed by atoms with Crippen LogP contribution >= 0.6 is 7.82 Å². The zero-order valence-corrected chi connectivity index (χ0v) is 26.0. The van der Waals surface area contributed by atoms with Crippen LogP contribution in [0.15, 0.2) is 126 Å². The Morgan fingerprint density at radius 3 is 1.65 bits per heavy atom. The van der Waals surface area contributed by atoms with Crippen molar-refractivity contribution in [2.24, 2.45) is 0 Å². The fraction of sp³-hybridized carbons (Fsp3) is 0.273. The van der Waals surface area contributed by atoms with Crippen LogP contribution in [0.5, 0.6) is 0 Å². The molecular weight excluding hydrogens is 635 g/mol. The Kier molecular flexibility index (Phi) is 8.68. The summed E-state index contributed by atoms with van der Waals surface area (Å²) in [5, 5.41) is 11.5. The first-order chi connectivity index (χ1) is 22.3. The number of phosphoric acid groups is 1. The molecule has 0 spiro atoms. The number of aliphatic hydroxyl groups excluding tert-OH is 1. The largest absolute Gasteiger partial charge is 0.475 e. The molecule has 3 aliphatic heterocycles. The summed E-state index contributed by atoms with van der Waals surface area (Å²) in [5.74, 6) is -1.81. The lowest BCUT2D eigenvalue weighted by Crippen LogP contribution is -2.78. The average molecular weight is 667 g/mol. The first-order valence-electron chi connectivity index (χ1n) is 14.7. The van der Waals surface area contributed by atoms with E-state index >= 15 is 0 Å². The number of aliphatic hydroxyl groups is 1. The van der Waals surface area contributed by atoms with E-state index in [9.17, 15) is 18.1 Å². The van der Waals surface area contributed by atoms with Crippen molar-refractivity contribution in [1.82, 2.24) is 0 Å². The predicted molar refractivity (Wildman–Crippen MR) is 162 cm³/mol. The number of benzene rings is 4. The Morgan fingerprint density at radius 1 is 0.652 bits per heavy atom. The molecule has 4 aromatic carbocycles. The van der Waals surface area contributed by atoms with Gasteiger partial charge in [-0.05, 0) is 23.3 Å². The van der Waals surface area contributed by atoms with Gasteiger partial charge in [-0.25, -0.2) is 4.57 Å². The molecule has 4 bridgehead atoms. The highest BCUT2D eigenvalue weighted by molar-refractivity contribution is 7.86. The summed E-state index contributed by atoms with van der Waals surface area (Å²) in [5.41, 5.74) is 1.88. The summed E-state index contributed by atoms with van der Waals surface area (Å²) in [6.45, 7) is -0.248. The van der Waals surface area contributed by atoms with Crippen LogP contribution in [0.25, 0.3) is 0 Å². The van der Waals surface area contributed by atoms with Crippen molar-refractivity contribution < 1.29 is 50.1 Å². The zero-order chi connectivity index (χ0) is 31.8. The van der Waals surface area contributed by atoms with E-state index in [1.165, 1.54) is 12.1 Å². The van der Waals surface area contributed by atoms with Crippen molar-refractivity contribution in [3.05, 3.63) is 138 Å². The Balaban J connectivity index is 1.23. The van der Waals surface area contributed by atoms with E-state index in [1.54, 1.807) is 72.8 Å². The standard InChI is InChI=1S/C33H31O11PS/c34-27-28-31(43-45(35,38-21-23-13-5-1-6-14-23)39-22-24-15-7-2-8-16-24)30-32(44-46(36,37)26-19-11-4-12-20-26)29(27)41-33(40-28,42-30)25-17-9-3-10-18-25/h1-20,27-32,34H,21-22H2/t27-,28+,29-,30+,31-,32+,33+/m1/s1. The highest BCUT2D eigenvalue weighted by Gasteiger charge is 2.70. The smallest absolute Gasteiger partial charge is 0.387 e. The zero-order valence-electron chi connectivity index (χ0n) is 24.3. The molecule has 46 heavy (non-hydrogen) atoms. The van der Waals surface area contributed by atoms with Crippen LogP contribution in [0.3, 0.4) is 0 Å². The molecule has 0 radical (unpaired) electrons. The molecule has 0 amide bonds. The van der Waals surface area contributed by atoms with Crippen LogP contribution in [0.4, 0.5) is 0 Å². The summed E-state index contributed by atoms with van der Waals surface area (Å²) in [6, 6.07) is 34.4. The van der Waals surface area contributed by atoms with Crippen LogP contribution in [0.2, 0.25) is 0 Å². The Hall–Kier alpha value is -3.26. The molecule has 11 nitrogen and oxygen atoms in total. The minimum atomic E-state index is -4.45. The van der Waals surface area contributed by atoms with E-state index in [0.717, 1.165) is 0 Å². The van der Waals surface area contributed by atoms with Crippen LogP contribution in [0, 0.1) is 0 Å². The summed E-state index contributed by atoms with van der Waals surface area (Å²) >= 11 is 0. The molecule has 240 valence electrons. The molecule has 3 heterocycles. The molecule has 13 heteroatoms. The van der Waals surface area contributed by atoms with E-state index in [-0.39, 0.29) is 18.1 Å². The van der Waals surface area contributed by atoms with Gasteiger partial charge in [0, 0.05) is 5.56 Å². The van der Waals surface area contributed by atoms with E-state index in [4.69, 9.17) is 32.0 Å². The quantitative estimate of drug-likeness (QED) is 0.161.